The van der Waals surface area contributed by atoms with Gasteiger partial charge in [0.05, 0.1) is 17.4 Å². The van der Waals surface area contributed by atoms with E-state index in [9.17, 15) is 4.79 Å². The first-order valence-corrected chi connectivity index (χ1v) is 12.1. The van der Waals surface area contributed by atoms with E-state index >= 15 is 0 Å². The number of amides is 1. The van der Waals surface area contributed by atoms with Gasteiger partial charge in [-0.3, -0.25) is 9.78 Å². The summed E-state index contributed by atoms with van der Waals surface area (Å²) >= 11 is 0. The summed E-state index contributed by atoms with van der Waals surface area (Å²) in [7, 11) is 2.16. The topological polar surface area (TPSA) is 86.3 Å². The highest BCUT2D eigenvalue weighted by Crippen LogP contribution is 2.30. The van der Waals surface area contributed by atoms with Crippen LogP contribution in [0.3, 0.4) is 0 Å². The lowest BCUT2D eigenvalue weighted by Gasteiger charge is -2.34. The van der Waals surface area contributed by atoms with E-state index in [-0.39, 0.29) is 5.91 Å². The van der Waals surface area contributed by atoms with Gasteiger partial charge in [0.25, 0.3) is 0 Å². The molecule has 1 saturated heterocycles. The Morgan fingerprint density at radius 2 is 1.78 bits per heavy atom. The van der Waals surface area contributed by atoms with Gasteiger partial charge in [-0.2, -0.15) is 0 Å². The molecule has 0 saturated carbocycles. The Morgan fingerprint density at radius 1 is 0.972 bits per heavy atom. The second-order valence-electron chi connectivity index (χ2n) is 8.82. The number of carbonyl (C=O) groups is 1. The molecule has 0 spiro atoms. The van der Waals surface area contributed by atoms with E-state index in [2.05, 4.69) is 56.7 Å². The SMILES string of the molecule is C/C=C/C(=O)Nc1cccc(-c2nc(Nc3ccc(N4CCN(C)CC4)cc3)nc3cnccc23)c1. The van der Waals surface area contributed by atoms with Gasteiger partial charge in [-0.1, -0.05) is 18.2 Å². The molecule has 8 nitrogen and oxygen atoms in total. The van der Waals surface area contributed by atoms with Crippen LogP contribution in [0, 0.1) is 0 Å². The third-order valence-electron chi connectivity index (χ3n) is 6.21. The number of rotatable bonds is 6. The molecule has 182 valence electrons. The molecular formula is C28H29N7O. The maximum atomic E-state index is 12.0. The van der Waals surface area contributed by atoms with E-state index in [1.165, 1.54) is 11.8 Å². The maximum Gasteiger partial charge on any atom is 0.248 e. The second kappa shape index (κ2) is 10.5. The first-order chi connectivity index (χ1) is 17.6. The molecule has 1 aliphatic heterocycles. The van der Waals surface area contributed by atoms with E-state index in [1.54, 1.807) is 18.5 Å². The van der Waals surface area contributed by atoms with E-state index in [0.29, 0.717) is 11.6 Å². The van der Waals surface area contributed by atoms with Crippen molar-refractivity contribution in [2.45, 2.75) is 6.92 Å². The zero-order valence-corrected chi connectivity index (χ0v) is 20.5. The number of allylic oxidation sites excluding steroid dienone is 1. The zero-order valence-electron chi connectivity index (χ0n) is 20.5. The monoisotopic (exact) mass is 479 g/mol. The van der Waals surface area contributed by atoms with Gasteiger partial charge in [0, 0.05) is 60.4 Å². The summed E-state index contributed by atoms with van der Waals surface area (Å²) in [5, 5.41) is 7.12. The molecule has 0 bridgehead atoms. The number of nitrogens with one attached hydrogen (secondary N) is 2. The Bertz CT molecular complexity index is 1390. The van der Waals surface area contributed by atoms with E-state index in [1.807, 2.05) is 37.3 Å². The lowest BCUT2D eigenvalue weighted by molar-refractivity contribution is -0.111. The molecular weight excluding hydrogens is 450 g/mol. The molecule has 4 aromatic rings. The molecule has 36 heavy (non-hydrogen) atoms. The maximum absolute atomic E-state index is 12.0. The number of carbonyl (C=O) groups excluding carboxylic acids is 1. The number of fused-ring (bicyclic) bond motifs is 1. The van der Waals surface area contributed by atoms with Crippen LogP contribution >= 0.6 is 0 Å². The molecule has 2 N–H and O–H groups in total. The van der Waals surface area contributed by atoms with Crippen molar-refractivity contribution in [3.63, 3.8) is 0 Å². The molecule has 0 aliphatic carbocycles. The largest absolute Gasteiger partial charge is 0.369 e. The molecule has 0 atom stereocenters. The Balaban J connectivity index is 1.43. The van der Waals surface area contributed by atoms with Gasteiger partial charge in [0.2, 0.25) is 11.9 Å². The molecule has 0 radical (unpaired) electrons. The molecule has 1 amide bonds. The van der Waals surface area contributed by atoms with Crippen LogP contribution in [0.4, 0.5) is 23.0 Å². The van der Waals surface area contributed by atoms with E-state index in [4.69, 9.17) is 9.97 Å². The summed E-state index contributed by atoms with van der Waals surface area (Å²) in [6.07, 6.45) is 6.67. The van der Waals surface area contributed by atoms with E-state index in [0.717, 1.165) is 54.0 Å². The molecule has 1 fully saturated rings. The number of aromatic nitrogens is 3. The summed E-state index contributed by atoms with van der Waals surface area (Å²) in [6, 6.07) is 17.9. The molecule has 2 aromatic heterocycles. The average Bonchev–Trinajstić information content (AvgIpc) is 2.89. The number of hydrogen-bond acceptors (Lipinski definition) is 7. The van der Waals surface area contributed by atoms with Crippen LogP contribution in [0.5, 0.6) is 0 Å². The van der Waals surface area contributed by atoms with Crippen LogP contribution in [0.25, 0.3) is 22.2 Å². The second-order valence-corrected chi connectivity index (χ2v) is 8.82. The first kappa shape index (κ1) is 23.4. The van der Waals surface area contributed by atoms with Crippen molar-refractivity contribution in [2.24, 2.45) is 0 Å². The van der Waals surface area contributed by atoms with Crippen molar-refractivity contribution in [1.82, 2.24) is 19.9 Å². The van der Waals surface area contributed by atoms with Gasteiger partial charge in [-0.05, 0) is 62.5 Å². The van der Waals surface area contributed by atoms with Crippen molar-refractivity contribution in [2.75, 3.05) is 48.8 Å². The van der Waals surface area contributed by atoms with Crippen LogP contribution in [-0.2, 0) is 4.79 Å². The summed E-state index contributed by atoms with van der Waals surface area (Å²) in [5.74, 6) is 0.315. The standard InChI is InChI=1S/C28H29N7O/c1-3-5-26(36)30-22-7-4-6-20(18-22)27-24-12-13-29-19-25(24)32-28(33-27)31-21-8-10-23(11-9-21)35-16-14-34(2)15-17-35/h3-13,18-19H,14-17H2,1-2H3,(H,30,36)(H,31,32,33)/b5-3+. The summed E-state index contributed by atoms with van der Waals surface area (Å²) < 4.78 is 0. The normalized spacial score (nSPS) is 14.3. The van der Waals surface area contributed by atoms with Gasteiger partial charge in [0.1, 0.15) is 0 Å². The number of nitrogens with zero attached hydrogens (tertiary/aromatic N) is 5. The highest BCUT2D eigenvalue weighted by molar-refractivity contribution is 6.00. The van der Waals surface area contributed by atoms with E-state index < -0.39 is 0 Å². The van der Waals surface area contributed by atoms with Crippen molar-refractivity contribution < 1.29 is 4.79 Å². The molecule has 0 unspecified atom stereocenters. The molecule has 3 heterocycles. The predicted octanol–water partition coefficient (Wildman–Crippen LogP) is 4.70. The summed E-state index contributed by atoms with van der Waals surface area (Å²) in [4.78, 5) is 30.6. The Kier molecular flexibility index (Phi) is 6.86. The highest BCUT2D eigenvalue weighted by Gasteiger charge is 2.15. The molecule has 2 aromatic carbocycles. The van der Waals surface area contributed by atoms with Crippen molar-refractivity contribution in [1.29, 1.82) is 0 Å². The lowest BCUT2D eigenvalue weighted by atomic mass is 10.1. The number of likely N-dealkylation sites (N-methyl/N-ethyl adjacent to an activating group) is 1. The van der Waals surface area contributed by atoms with Crippen molar-refractivity contribution in [3.8, 4) is 11.3 Å². The third kappa shape index (κ3) is 5.34. The lowest BCUT2D eigenvalue weighted by Crippen LogP contribution is -2.44. The van der Waals surface area contributed by atoms with Gasteiger partial charge in [0.15, 0.2) is 0 Å². The van der Waals surface area contributed by atoms with Crippen LogP contribution in [-0.4, -0.2) is 59.0 Å². The first-order valence-electron chi connectivity index (χ1n) is 12.1. The van der Waals surface area contributed by atoms with Gasteiger partial charge in [-0.25, -0.2) is 9.97 Å². The summed E-state index contributed by atoms with van der Waals surface area (Å²) in [5.41, 5.74) is 5.21. The molecule has 1 aliphatic rings. The fourth-order valence-corrected chi connectivity index (χ4v) is 4.29. The number of hydrogen-bond donors (Lipinski definition) is 2. The molecule has 5 rings (SSSR count). The van der Waals surface area contributed by atoms with Crippen molar-refractivity contribution >= 4 is 39.8 Å². The predicted molar refractivity (Wildman–Crippen MR) is 146 cm³/mol. The number of benzene rings is 2. The third-order valence-corrected chi connectivity index (χ3v) is 6.21. The van der Waals surface area contributed by atoms with Crippen molar-refractivity contribution in [3.05, 3.63) is 79.1 Å². The van der Waals surface area contributed by atoms with Gasteiger partial charge >= 0.3 is 0 Å². The Morgan fingerprint density at radius 3 is 2.56 bits per heavy atom. The van der Waals surface area contributed by atoms with Gasteiger partial charge < -0.3 is 20.4 Å². The molecule has 8 heteroatoms. The van der Waals surface area contributed by atoms with Crippen LogP contribution in [0.2, 0.25) is 0 Å². The zero-order chi connectivity index (χ0) is 24.9. The van der Waals surface area contributed by atoms with Crippen LogP contribution in [0.1, 0.15) is 6.92 Å². The average molecular weight is 480 g/mol. The smallest absolute Gasteiger partial charge is 0.248 e. The Labute approximate surface area is 210 Å². The van der Waals surface area contributed by atoms with Crippen LogP contribution in [0.15, 0.2) is 79.1 Å². The Hall–Kier alpha value is -4.30. The minimum absolute atomic E-state index is 0.172. The number of pyridine rings is 1. The highest BCUT2D eigenvalue weighted by atomic mass is 16.1. The summed E-state index contributed by atoms with van der Waals surface area (Å²) in [6.45, 7) is 6.01. The van der Waals surface area contributed by atoms with Gasteiger partial charge in [-0.15, -0.1) is 0 Å². The number of anilines is 4. The van der Waals surface area contributed by atoms with Crippen LogP contribution < -0.4 is 15.5 Å². The number of piperazine rings is 1. The minimum atomic E-state index is -0.172. The fourth-order valence-electron chi connectivity index (χ4n) is 4.29. The quantitative estimate of drug-likeness (QED) is 0.388. The minimum Gasteiger partial charge on any atom is -0.369 e. The fraction of sp³-hybridized carbons (Fsp3) is 0.214.